The molecule has 0 aromatic heterocycles. The Kier molecular flexibility index (Phi) is 4.61. The number of benzene rings is 1. The number of hydrogen-bond acceptors (Lipinski definition) is 2. The van der Waals surface area contributed by atoms with Crippen molar-refractivity contribution < 1.29 is 4.79 Å². The van der Waals surface area contributed by atoms with Crippen LogP contribution in [0.25, 0.3) is 0 Å². The van der Waals surface area contributed by atoms with Crippen molar-refractivity contribution in [2.75, 3.05) is 13.1 Å². The number of piperidine rings is 1. The minimum Gasteiger partial charge on any atom is -0.342 e. The minimum absolute atomic E-state index is 0.149. The molecule has 2 bridgehead atoms. The monoisotopic (exact) mass is 340 g/mol. The molecular weight excluding hydrogens is 308 g/mol. The summed E-state index contributed by atoms with van der Waals surface area (Å²) in [4.78, 5) is 16.0. The summed E-state index contributed by atoms with van der Waals surface area (Å²) in [6, 6.07) is 10.8. The Hall–Kier alpha value is -1.35. The van der Waals surface area contributed by atoms with Gasteiger partial charge in [-0.3, -0.25) is 4.79 Å². The van der Waals surface area contributed by atoms with Gasteiger partial charge < -0.3 is 10.6 Å². The Balaban J connectivity index is 1.59. The Morgan fingerprint density at radius 3 is 2.72 bits per heavy atom. The van der Waals surface area contributed by atoms with Crippen molar-refractivity contribution >= 4 is 5.91 Å². The molecule has 0 spiro atoms. The fraction of sp³-hybridized carbons (Fsp3) is 0.682. The van der Waals surface area contributed by atoms with Gasteiger partial charge in [0.1, 0.15) is 0 Å². The number of nitrogens with zero attached hydrogens (tertiary/aromatic N) is 1. The molecule has 1 amide bonds. The maximum absolute atomic E-state index is 13.8. The second kappa shape index (κ2) is 6.75. The lowest BCUT2D eigenvalue weighted by molar-refractivity contribution is -0.147. The molecule has 136 valence electrons. The van der Waals surface area contributed by atoms with Crippen molar-refractivity contribution in [3.63, 3.8) is 0 Å². The van der Waals surface area contributed by atoms with E-state index in [9.17, 15) is 4.79 Å². The summed E-state index contributed by atoms with van der Waals surface area (Å²) in [5.74, 6) is 2.26. The molecule has 1 saturated heterocycles. The van der Waals surface area contributed by atoms with Crippen LogP contribution in [0.5, 0.6) is 0 Å². The summed E-state index contributed by atoms with van der Waals surface area (Å²) in [6.07, 6.45) is 8.14. The highest BCUT2D eigenvalue weighted by Crippen LogP contribution is 2.58. The van der Waals surface area contributed by atoms with Crippen LogP contribution >= 0.6 is 0 Å². The van der Waals surface area contributed by atoms with E-state index >= 15 is 0 Å². The van der Waals surface area contributed by atoms with Gasteiger partial charge in [-0.1, -0.05) is 36.8 Å². The minimum atomic E-state index is -0.149. The molecule has 5 atom stereocenters. The SMILES string of the molecule is CC(N)C1CCCN(C(=O)C2(Cc3ccccc3)CC3CCC2C3)C1. The summed E-state index contributed by atoms with van der Waals surface area (Å²) in [7, 11) is 0. The van der Waals surface area contributed by atoms with Crippen molar-refractivity contribution in [2.45, 2.75) is 57.9 Å². The molecular formula is C22H32N2O. The second-order valence-corrected chi connectivity index (χ2v) is 8.91. The summed E-state index contributed by atoms with van der Waals surface area (Å²) in [6.45, 7) is 3.89. The number of nitrogens with two attached hydrogens (primary N) is 1. The highest BCUT2D eigenvalue weighted by Gasteiger charge is 2.56. The van der Waals surface area contributed by atoms with E-state index in [0.717, 1.165) is 38.3 Å². The topological polar surface area (TPSA) is 46.3 Å². The zero-order valence-corrected chi connectivity index (χ0v) is 15.5. The van der Waals surface area contributed by atoms with Gasteiger partial charge in [0.05, 0.1) is 5.41 Å². The Labute approximate surface area is 152 Å². The normalized spacial score (nSPS) is 35.8. The lowest BCUT2D eigenvalue weighted by atomic mass is 9.68. The molecule has 2 saturated carbocycles. The summed E-state index contributed by atoms with van der Waals surface area (Å²) < 4.78 is 0. The van der Waals surface area contributed by atoms with Crippen LogP contribution in [0.1, 0.15) is 51.0 Å². The van der Waals surface area contributed by atoms with Gasteiger partial charge in [-0.2, -0.15) is 0 Å². The third-order valence-corrected chi connectivity index (χ3v) is 7.25. The fourth-order valence-electron chi connectivity index (χ4n) is 5.90. The first kappa shape index (κ1) is 17.1. The molecule has 3 aliphatic rings. The van der Waals surface area contributed by atoms with Crippen LogP contribution in [0.3, 0.4) is 0 Å². The maximum atomic E-state index is 13.8. The quantitative estimate of drug-likeness (QED) is 0.910. The first-order valence-corrected chi connectivity index (χ1v) is 10.2. The van der Waals surface area contributed by atoms with Crippen molar-refractivity contribution in [3.05, 3.63) is 35.9 Å². The van der Waals surface area contributed by atoms with Gasteiger partial charge in [-0.15, -0.1) is 0 Å². The number of amides is 1. The molecule has 3 fully saturated rings. The summed E-state index contributed by atoms with van der Waals surface area (Å²) in [5, 5.41) is 0. The van der Waals surface area contributed by atoms with E-state index in [2.05, 4.69) is 42.2 Å². The lowest BCUT2D eigenvalue weighted by Crippen LogP contribution is -2.53. The van der Waals surface area contributed by atoms with Gasteiger partial charge in [-0.25, -0.2) is 0 Å². The van der Waals surface area contributed by atoms with Crippen LogP contribution in [0.4, 0.5) is 0 Å². The smallest absolute Gasteiger partial charge is 0.229 e. The highest BCUT2D eigenvalue weighted by atomic mass is 16.2. The Morgan fingerprint density at radius 1 is 1.28 bits per heavy atom. The fourth-order valence-corrected chi connectivity index (χ4v) is 5.90. The number of fused-ring (bicyclic) bond motifs is 2. The molecule has 4 rings (SSSR count). The average Bonchev–Trinajstić information content (AvgIpc) is 3.23. The predicted molar refractivity (Wildman–Crippen MR) is 101 cm³/mol. The molecule has 1 heterocycles. The number of rotatable bonds is 4. The molecule has 25 heavy (non-hydrogen) atoms. The van der Waals surface area contributed by atoms with E-state index < -0.39 is 0 Å². The average molecular weight is 341 g/mol. The number of carbonyl (C=O) groups excluding carboxylic acids is 1. The van der Waals surface area contributed by atoms with Gasteiger partial charge in [-0.05, 0) is 68.8 Å². The van der Waals surface area contributed by atoms with Crippen molar-refractivity contribution in [1.82, 2.24) is 4.90 Å². The van der Waals surface area contributed by atoms with Crippen LogP contribution in [0.15, 0.2) is 30.3 Å². The van der Waals surface area contributed by atoms with E-state index in [0.29, 0.717) is 17.7 Å². The van der Waals surface area contributed by atoms with Crippen molar-refractivity contribution in [3.8, 4) is 0 Å². The molecule has 3 nitrogen and oxygen atoms in total. The molecule has 2 N–H and O–H groups in total. The van der Waals surface area contributed by atoms with Crippen LogP contribution in [0, 0.1) is 23.2 Å². The van der Waals surface area contributed by atoms with E-state index in [4.69, 9.17) is 5.73 Å². The molecule has 1 aromatic rings. The summed E-state index contributed by atoms with van der Waals surface area (Å²) >= 11 is 0. The lowest BCUT2D eigenvalue weighted by Gasteiger charge is -2.43. The standard InChI is InChI=1S/C22H32N2O/c1-16(23)19-8-5-11-24(15-19)21(25)22(13-17-6-3-2-4-7-17)14-18-9-10-20(22)12-18/h2-4,6-7,16,18-20H,5,8-15,23H2,1H3. The predicted octanol–water partition coefficient (Wildman–Crippen LogP) is 3.62. The van der Waals surface area contributed by atoms with Gasteiger partial charge in [0, 0.05) is 19.1 Å². The van der Waals surface area contributed by atoms with Crippen LogP contribution < -0.4 is 5.73 Å². The Bertz CT molecular complexity index is 614. The third kappa shape index (κ3) is 3.12. The maximum Gasteiger partial charge on any atom is 0.229 e. The number of likely N-dealkylation sites (tertiary alicyclic amines) is 1. The highest BCUT2D eigenvalue weighted by molar-refractivity contribution is 5.84. The first-order valence-electron chi connectivity index (χ1n) is 10.2. The van der Waals surface area contributed by atoms with Gasteiger partial charge in [0.15, 0.2) is 0 Å². The molecule has 3 heteroatoms. The van der Waals surface area contributed by atoms with E-state index in [1.807, 2.05) is 0 Å². The van der Waals surface area contributed by atoms with Crippen LogP contribution in [-0.2, 0) is 11.2 Å². The van der Waals surface area contributed by atoms with Gasteiger partial charge >= 0.3 is 0 Å². The first-order chi connectivity index (χ1) is 12.1. The number of hydrogen-bond donors (Lipinski definition) is 1. The molecule has 1 aliphatic heterocycles. The van der Waals surface area contributed by atoms with E-state index in [1.54, 1.807) is 0 Å². The van der Waals surface area contributed by atoms with E-state index in [1.165, 1.54) is 31.2 Å². The van der Waals surface area contributed by atoms with E-state index in [-0.39, 0.29) is 11.5 Å². The zero-order chi connectivity index (χ0) is 17.4. The largest absolute Gasteiger partial charge is 0.342 e. The van der Waals surface area contributed by atoms with Crippen LogP contribution in [0.2, 0.25) is 0 Å². The summed E-state index contributed by atoms with van der Waals surface area (Å²) in [5.41, 5.74) is 7.34. The zero-order valence-electron chi connectivity index (χ0n) is 15.5. The van der Waals surface area contributed by atoms with Crippen LogP contribution in [-0.4, -0.2) is 29.9 Å². The second-order valence-electron chi connectivity index (χ2n) is 8.91. The van der Waals surface area contributed by atoms with Crippen molar-refractivity contribution in [2.24, 2.45) is 28.9 Å². The van der Waals surface area contributed by atoms with Crippen molar-refractivity contribution in [1.29, 1.82) is 0 Å². The third-order valence-electron chi connectivity index (χ3n) is 7.25. The van der Waals surface area contributed by atoms with Gasteiger partial charge in [0.2, 0.25) is 5.91 Å². The Morgan fingerprint density at radius 2 is 2.08 bits per heavy atom. The van der Waals surface area contributed by atoms with Gasteiger partial charge in [0.25, 0.3) is 0 Å². The molecule has 1 aromatic carbocycles. The molecule has 0 radical (unpaired) electrons. The molecule has 5 unspecified atom stereocenters. The number of carbonyl (C=O) groups is 1. The molecule has 2 aliphatic carbocycles.